The summed E-state index contributed by atoms with van der Waals surface area (Å²) in [6.07, 6.45) is 11.4. The number of nitrogens with zero attached hydrogens (tertiary/aromatic N) is 5. The average molecular weight is 407 g/mol. The molecule has 7 heteroatoms. The Morgan fingerprint density at radius 1 is 1.13 bits per heavy atom. The first-order valence-corrected chi connectivity index (χ1v) is 11.0. The van der Waals surface area contributed by atoms with E-state index in [2.05, 4.69) is 33.6 Å². The number of unbranched alkanes of at least 4 members (excludes halogenated alkanes) is 1. The van der Waals surface area contributed by atoms with Crippen LogP contribution in [0, 0.1) is 0 Å². The van der Waals surface area contributed by atoms with Crippen molar-refractivity contribution in [3.8, 4) is 17.1 Å². The fraction of sp³-hybridized carbons (Fsp3) is 0.478. The maximum atomic E-state index is 6.09. The maximum Gasteiger partial charge on any atom is 0.159 e. The molecule has 4 rings (SSSR count). The summed E-state index contributed by atoms with van der Waals surface area (Å²) in [5.41, 5.74) is 2.53. The Hall–Kier alpha value is -2.96. The third-order valence-corrected chi connectivity index (χ3v) is 5.50. The van der Waals surface area contributed by atoms with Crippen LogP contribution in [0.25, 0.3) is 11.4 Å². The van der Waals surface area contributed by atoms with Crippen LogP contribution in [0.2, 0.25) is 0 Å². The largest absolute Gasteiger partial charge is 0.489 e. The molecule has 1 saturated carbocycles. The molecule has 1 aliphatic rings. The number of aromatic nitrogens is 5. The smallest absolute Gasteiger partial charge is 0.159 e. The molecule has 0 bridgehead atoms. The second-order valence-electron chi connectivity index (χ2n) is 7.91. The molecule has 0 radical (unpaired) electrons. The van der Waals surface area contributed by atoms with E-state index in [-0.39, 0.29) is 0 Å². The van der Waals surface area contributed by atoms with E-state index >= 15 is 0 Å². The van der Waals surface area contributed by atoms with Crippen LogP contribution in [0.1, 0.15) is 57.6 Å². The highest BCUT2D eigenvalue weighted by atomic mass is 16.5. The van der Waals surface area contributed by atoms with E-state index in [1.807, 2.05) is 31.3 Å². The highest BCUT2D eigenvalue weighted by Gasteiger charge is 2.17. The lowest BCUT2D eigenvalue weighted by molar-refractivity contribution is 0.154. The van der Waals surface area contributed by atoms with Gasteiger partial charge in [-0.25, -0.2) is 9.67 Å². The lowest BCUT2D eigenvalue weighted by atomic mass is 9.98. The molecule has 3 heterocycles. The van der Waals surface area contributed by atoms with Crippen molar-refractivity contribution in [1.29, 1.82) is 0 Å². The van der Waals surface area contributed by atoms with Crippen molar-refractivity contribution >= 4 is 11.6 Å². The number of hydrogen-bond acceptors (Lipinski definition) is 6. The second-order valence-corrected chi connectivity index (χ2v) is 7.91. The highest BCUT2D eigenvalue weighted by molar-refractivity contribution is 5.72. The third-order valence-electron chi connectivity index (χ3n) is 5.50. The molecule has 1 fully saturated rings. The molecule has 1 aliphatic carbocycles. The number of pyridine rings is 2. The fourth-order valence-electron chi connectivity index (χ4n) is 3.80. The molecule has 158 valence electrons. The minimum atomic E-state index is 0.311. The normalized spacial score (nSPS) is 14.6. The SMILES string of the molecule is CCCCc1cccc(Nc2c(-c3ccc(OC4CCCCC4)cn3)nnn2C)n1. The van der Waals surface area contributed by atoms with Gasteiger partial charge in [-0.05, 0) is 62.8 Å². The molecule has 3 aromatic heterocycles. The van der Waals surface area contributed by atoms with E-state index in [1.165, 1.54) is 19.3 Å². The van der Waals surface area contributed by atoms with Crippen molar-refractivity contribution in [2.24, 2.45) is 7.05 Å². The first-order chi connectivity index (χ1) is 14.7. The molecular weight excluding hydrogens is 376 g/mol. The summed E-state index contributed by atoms with van der Waals surface area (Å²) in [6, 6.07) is 9.97. The van der Waals surface area contributed by atoms with E-state index in [1.54, 1.807) is 10.9 Å². The van der Waals surface area contributed by atoms with Gasteiger partial charge in [-0.3, -0.25) is 4.98 Å². The molecular formula is C23H30N6O. The Balaban J connectivity index is 1.49. The Morgan fingerprint density at radius 2 is 2.00 bits per heavy atom. The van der Waals surface area contributed by atoms with Crippen LogP contribution in [0.3, 0.4) is 0 Å². The molecule has 0 saturated heterocycles. The van der Waals surface area contributed by atoms with Crippen LogP contribution in [0.5, 0.6) is 5.75 Å². The average Bonchev–Trinajstić information content (AvgIpc) is 3.14. The van der Waals surface area contributed by atoms with E-state index < -0.39 is 0 Å². The molecule has 0 aromatic carbocycles. The van der Waals surface area contributed by atoms with E-state index in [0.29, 0.717) is 11.8 Å². The van der Waals surface area contributed by atoms with Crippen LogP contribution in [-0.4, -0.2) is 31.1 Å². The van der Waals surface area contributed by atoms with Crippen molar-refractivity contribution < 1.29 is 4.74 Å². The van der Waals surface area contributed by atoms with Crippen LogP contribution in [-0.2, 0) is 13.5 Å². The summed E-state index contributed by atoms with van der Waals surface area (Å²) >= 11 is 0. The summed E-state index contributed by atoms with van der Waals surface area (Å²) < 4.78 is 7.81. The van der Waals surface area contributed by atoms with Gasteiger partial charge in [-0.1, -0.05) is 31.0 Å². The van der Waals surface area contributed by atoms with Crippen molar-refractivity contribution in [3.05, 3.63) is 42.2 Å². The minimum absolute atomic E-state index is 0.311. The van der Waals surface area contributed by atoms with Gasteiger partial charge in [0.05, 0.1) is 18.0 Å². The Morgan fingerprint density at radius 3 is 2.77 bits per heavy atom. The quantitative estimate of drug-likeness (QED) is 0.563. The molecule has 0 amide bonds. The monoisotopic (exact) mass is 406 g/mol. The van der Waals surface area contributed by atoms with Crippen LogP contribution < -0.4 is 10.1 Å². The van der Waals surface area contributed by atoms with Crippen molar-refractivity contribution in [3.63, 3.8) is 0 Å². The van der Waals surface area contributed by atoms with Crippen molar-refractivity contribution in [2.75, 3.05) is 5.32 Å². The van der Waals surface area contributed by atoms with Crippen molar-refractivity contribution in [1.82, 2.24) is 25.0 Å². The summed E-state index contributed by atoms with van der Waals surface area (Å²) in [5.74, 6) is 2.37. The highest BCUT2D eigenvalue weighted by Crippen LogP contribution is 2.28. The number of ether oxygens (including phenoxy) is 1. The third kappa shape index (κ3) is 4.96. The lowest BCUT2D eigenvalue weighted by Gasteiger charge is -2.22. The summed E-state index contributed by atoms with van der Waals surface area (Å²) in [7, 11) is 1.86. The molecule has 7 nitrogen and oxygen atoms in total. The van der Waals surface area contributed by atoms with E-state index in [9.17, 15) is 0 Å². The van der Waals surface area contributed by atoms with Crippen LogP contribution in [0.4, 0.5) is 11.6 Å². The predicted octanol–water partition coefficient (Wildman–Crippen LogP) is 5.07. The van der Waals surface area contributed by atoms with Crippen LogP contribution in [0.15, 0.2) is 36.5 Å². The molecule has 0 unspecified atom stereocenters. The molecule has 0 atom stereocenters. The zero-order valence-electron chi connectivity index (χ0n) is 17.8. The first kappa shape index (κ1) is 20.3. The number of aryl methyl sites for hydroxylation is 2. The molecule has 30 heavy (non-hydrogen) atoms. The van der Waals surface area contributed by atoms with Crippen LogP contribution >= 0.6 is 0 Å². The summed E-state index contributed by atoms with van der Waals surface area (Å²) in [5, 5.41) is 11.9. The topological polar surface area (TPSA) is 77.8 Å². The maximum absolute atomic E-state index is 6.09. The van der Waals surface area contributed by atoms with Crippen molar-refractivity contribution in [2.45, 2.75) is 64.4 Å². The molecule has 0 spiro atoms. The summed E-state index contributed by atoms with van der Waals surface area (Å²) in [4.78, 5) is 9.31. The second kappa shape index (κ2) is 9.69. The predicted molar refractivity (Wildman–Crippen MR) is 118 cm³/mol. The first-order valence-electron chi connectivity index (χ1n) is 11.0. The zero-order chi connectivity index (χ0) is 20.8. The minimum Gasteiger partial charge on any atom is -0.489 e. The van der Waals surface area contributed by atoms with Gasteiger partial charge in [0.25, 0.3) is 0 Å². The van der Waals surface area contributed by atoms with Gasteiger partial charge in [-0.15, -0.1) is 5.10 Å². The molecule has 3 aromatic rings. The van der Waals surface area contributed by atoms with E-state index in [0.717, 1.165) is 60.9 Å². The Labute approximate surface area is 177 Å². The van der Waals surface area contributed by atoms with Gasteiger partial charge < -0.3 is 10.1 Å². The lowest BCUT2D eigenvalue weighted by Crippen LogP contribution is -2.19. The standard InChI is InChI=1S/C23H30N6O/c1-3-4-9-17-10-8-13-21(25-17)26-23-22(27-28-29(23)2)20-15-14-19(16-24-20)30-18-11-6-5-7-12-18/h8,10,13-16,18H,3-7,9,11-12H2,1-2H3,(H,25,26). The van der Waals surface area contributed by atoms with Gasteiger partial charge >= 0.3 is 0 Å². The Bertz CT molecular complexity index is 947. The van der Waals surface area contributed by atoms with Gasteiger partial charge in [0.15, 0.2) is 11.5 Å². The number of hydrogen-bond donors (Lipinski definition) is 1. The molecule has 0 aliphatic heterocycles. The number of rotatable bonds is 8. The van der Waals surface area contributed by atoms with Gasteiger partial charge in [0.2, 0.25) is 0 Å². The summed E-state index contributed by atoms with van der Waals surface area (Å²) in [6.45, 7) is 2.19. The van der Waals surface area contributed by atoms with E-state index in [4.69, 9.17) is 9.72 Å². The number of anilines is 2. The van der Waals surface area contributed by atoms with Gasteiger partial charge in [0, 0.05) is 12.7 Å². The van der Waals surface area contributed by atoms with Gasteiger partial charge in [-0.2, -0.15) is 0 Å². The molecule has 1 N–H and O–H groups in total. The fourth-order valence-corrected chi connectivity index (χ4v) is 3.80. The Kier molecular flexibility index (Phi) is 6.57. The van der Waals surface area contributed by atoms with Gasteiger partial charge in [0.1, 0.15) is 11.6 Å². The zero-order valence-corrected chi connectivity index (χ0v) is 17.8. The number of nitrogens with one attached hydrogen (secondary N) is 1.